The second kappa shape index (κ2) is 13.4. The van der Waals surface area contributed by atoms with Gasteiger partial charge in [0.15, 0.2) is 0 Å². The second-order valence-electron chi connectivity index (χ2n) is 14.0. The van der Waals surface area contributed by atoms with Gasteiger partial charge in [0.25, 0.3) is 22.2 Å². The van der Waals surface area contributed by atoms with E-state index in [1.165, 1.54) is 109 Å². The molecule has 12 heterocycles. The molecule has 0 fully saturated rings. The Hall–Kier alpha value is -7.68. The summed E-state index contributed by atoms with van der Waals surface area (Å²) in [7, 11) is -7.88. The molecule has 18 bridgehead atoms. The number of hydrogen-bond donors (Lipinski definition) is 0. The average molecular weight is 831 g/mol. The Morgan fingerprint density at radius 2 is 0.633 bits per heavy atom. The van der Waals surface area contributed by atoms with Gasteiger partial charge in [-0.1, -0.05) is 36.4 Å². The van der Waals surface area contributed by atoms with E-state index < -0.39 is 41.9 Å². The Morgan fingerprint density at radius 3 is 0.950 bits per heavy atom. The SMILES string of the molecule is O=c1c2cc3c(=O)n4c(=O)c3cc2c(=O)n1-c1cccc(c1)Oc1ccc(cc1)S(=O)(=O)c1ccc(cc1)-c1ccc(cc1)S(=O)(=O)c1ccc(cc1)Oc1cccc-4c1. The maximum Gasteiger partial charge on any atom is 0.266 e. The molecule has 0 aliphatic carbocycles. The minimum atomic E-state index is -3.94. The summed E-state index contributed by atoms with van der Waals surface area (Å²) >= 11 is 0. The van der Waals surface area contributed by atoms with Gasteiger partial charge in [0.1, 0.15) is 23.0 Å². The van der Waals surface area contributed by atoms with Crippen LogP contribution < -0.4 is 31.7 Å². The number of benzene rings is 7. The molecular weight excluding hydrogens is 805 g/mol. The molecule has 0 saturated heterocycles. The van der Waals surface area contributed by atoms with Crippen LogP contribution in [0, 0.1) is 0 Å². The van der Waals surface area contributed by atoms with Crippen LogP contribution in [-0.2, 0) is 19.7 Å². The molecule has 0 spiro atoms. The molecule has 9 aromatic rings. The van der Waals surface area contributed by atoms with E-state index in [1.54, 1.807) is 48.5 Å². The van der Waals surface area contributed by atoms with Gasteiger partial charge in [0, 0.05) is 12.1 Å². The van der Waals surface area contributed by atoms with E-state index in [4.69, 9.17) is 9.47 Å². The van der Waals surface area contributed by atoms with Gasteiger partial charge in [-0.2, -0.15) is 0 Å². The van der Waals surface area contributed by atoms with Gasteiger partial charge in [0.2, 0.25) is 19.7 Å². The molecule has 14 heteroatoms. The van der Waals surface area contributed by atoms with Crippen LogP contribution in [0.5, 0.6) is 23.0 Å². The van der Waals surface area contributed by atoms with Crippen molar-refractivity contribution in [2.75, 3.05) is 0 Å². The van der Waals surface area contributed by atoms with Crippen LogP contribution in [0.4, 0.5) is 0 Å². The van der Waals surface area contributed by atoms with E-state index in [1.807, 2.05) is 0 Å². The summed E-state index contributed by atoms with van der Waals surface area (Å²) in [5.41, 5.74) is -1.13. The Morgan fingerprint density at radius 1 is 0.333 bits per heavy atom. The van der Waals surface area contributed by atoms with Crippen LogP contribution in [0.25, 0.3) is 44.0 Å². The first-order valence-electron chi connectivity index (χ1n) is 18.3. The zero-order valence-electron chi connectivity index (χ0n) is 30.8. The van der Waals surface area contributed by atoms with E-state index in [9.17, 15) is 36.0 Å². The van der Waals surface area contributed by atoms with E-state index in [0.29, 0.717) is 11.1 Å². The molecule has 10 aliphatic heterocycles. The van der Waals surface area contributed by atoms with Crippen molar-refractivity contribution in [1.82, 2.24) is 9.13 Å². The maximum absolute atomic E-state index is 13.8. The molecule has 2 aromatic heterocycles. The van der Waals surface area contributed by atoms with E-state index in [-0.39, 0.29) is 75.5 Å². The molecule has 10 aliphatic rings. The van der Waals surface area contributed by atoms with E-state index in [2.05, 4.69) is 0 Å². The highest BCUT2D eigenvalue weighted by atomic mass is 32.2. The molecule has 0 atom stereocenters. The fraction of sp³-hybridized carbons (Fsp3) is 0. The lowest BCUT2D eigenvalue weighted by atomic mass is 10.1. The van der Waals surface area contributed by atoms with Gasteiger partial charge in [-0.15, -0.1) is 0 Å². The number of rotatable bonds is 0. The fourth-order valence-electron chi connectivity index (χ4n) is 7.39. The molecule has 12 nitrogen and oxygen atoms in total. The zero-order valence-corrected chi connectivity index (χ0v) is 32.4. The predicted molar refractivity (Wildman–Crippen MR) is 223 cm³/mol. The molecule has 0 N–H and O–H groups in total. The molecule has 19 rings (SSSR count). The summed E-state index contributed by atoms with van der Waals surface area (Å²) in [5.74, 6) is 1.05. The van der Waals surface area contributed by atoms with Gasteiger partial charge >= 0.3 is 0 Å². The van der Waals surface area contributed by atoms with Crippen molar-refractivity contribution in [1.29, 1.82) is 0 Å². The molecule has 0 saturated carbocycles. The van der Waals surface area contributed by atoms with Crippen molar-refractivity contribution in [3.8, 4) is 45.5 Å². The number of hydrogen-bond acceptors (Lipinski definition) is 10. The molecule has 60 heavy (non-hydrogen) atoms. The lowest BCUT2D eigenvalue weighted by Gasteiger charge is -2.10. The first-order valence-corrected chi connectivity index (χ1v) is 21.3. The van der Waals surface area contributed by atoms with Crippen molar-refractivity contribution in [3.63, 3.8) is 0 Å². The summed E-state index contributed by atoms with van der Waals surface area (Å²) in [6.45, 7) is 0. The maximum atomic E-state index is 13.8. The smallest absolute Gasteiger partial charge is 0.266 e. The zero-order chi connectivity index (χ0) is 41.5. The Bertz CT molecular complexity index is 3360. The number of nitrogens with zero attached hydrogens (tertiary/aromatic N) is 2. The van der Waals surface area contributed by atoms with Crippen LogP contribution in [0.2, 0.25) is 0 Å². The molecule has 0 radical (unpaired) electrons. The molecular formula is C46H26N2O10S2. The van der Waals surface area contributed by atoms with Crippen molar-refractivity contribution in [2.24, 2.45) is 0 Å². The Kier molecular flexibility index (Phi) is 8.21. The number of aromatic nitrogens is 2. The second-order valence-corrected chi connectivity index (χ2v) is 17.9. The van der Waals surface area contributed by atoms with Crippen molar-refractivity contribution in [3.05, 3.63) is 199 Å². The topological polar surface area (TPSA) is 165 Å². The third kappa shape index (κ3) is 5.88. The van der Waals surface area contributed by atoms with Gasteiger partial charge in [0.05, 0.1) is 52.5 Å². The Balaban J connectivity index is 1.10. The van der Waals surface area contributed by atoms with Gasteiger partial charge < -0.3 is 9.47 Å². The lowest BCUT2D eigenvalue weighted by molar-refractivity contribution is 0.481. The van der Waals surface area contributed by atoms with Crippen LogP contribution in [0.1, 0.15) is 0 Å². The Labute approximate surface area is 339 Å². The van der Waals surface area contributed by atoms with E-state index >= 15 is 0 Å². The summed E-state index contributed by atoms with van der Waals surface area (Å²) < 4.78 is 68.2. The van der Waals surface area contributed by atoms with E-state index in [0.717, 1.165) is 9.13 Å². The summed E-state index contributed by atoms with van der Waals surface area (Å²) in [5, 5.41) is -0.220. The minimum Gasteiger partial charge on any atom is -0.457 e. The third-order valence-corrected chi connectivity index (χ3v) is 14.0. The van der Waals surface area contributed by atoms with Gasteiger partial charge in [-0.05, 0) is 120 Å². The number of sulfone groups is 2. The summed E-state index contributed by atoms with van der Waals surface area (Å²) in [4.78, 5) is 55.3. The summed E-state index contributed by atoms with van der Waals surface area (Å²) in [6, 6.07) is 38.9. The normalized spacial score (nSPS) is 14.1. The van der Waals surface area contributed by atoms with Crippen LogP contribution in [0.15, 0.2) is 196 Å². The average Bonchev–Trinajstić information content (AvgIpc) is 3.66. The molecule has 292 valence electrons. The highest BCUT2D eigenvalue weighted by molar-refractivity contribution is 7.91. The predicted octanol–water partition coefficient (Wildman–Crippen LogP) is 7.12. The summed E-state index contributed by atoms with van der Waals surface area (Å²) in [6.07, 6.45) is 0. The lowest BCUT2D eigenvalue weighted by Crippen LogP contribution is -2.24. The van der Waals surface area contributed by atoms with Crippen LogP contribution >= 0.6 is 0 Å². The number of ether oxygens (including phenoxy) is 2. The van der Waals surface area contributed by atoms with Crippen LogP contribution in [0.3, 0.4) is 0 Å². The van der Waals surface area contributed by atoms with Crippen LogP contribution in [-0.4, -0.2) is 26.0 Å². The van der Waals surface area contributed by atoms with Gasteiger partial charge in [-0.25, -0.2) is 26.0 Å². The van der Waals surface area contributed by atoms with Crippen molar-refractivity contribution >= 4 is 41.2 Å². The third-order valence-electron chi connectivity index (χ3n) is 10.4. The molecule has 0 unspecified atom stereocenters. The molecule has 7 aromatic carbocycles. The first kappa shape index (κ1) is 36.6. The largest absolute Gasteiger partial charge is 0.457 e. The minimum absolute atomic E-state index is 0.0125. The molecule has 0 amide bonds. The van der Waals surface area contributed by atoms with Crippen molar-refractivity contribution in [2.45, 2.75) is 19.6 Å². The quantitative estimate of drug-likeness (QED) is 0.154. The van der Waals surface area contributed by atoms with Crippen molar-refractivity contribution < 1.29 is 26.3 Å². The van der Waals surface area contributed by atoms with Gasteiger partial charge in [-0.3, -0.25) is 19.2 Å². The monoisotopic (exact) mass is 830 g/mol. The fourth-order valence-corrected chi connectivity index (χ4v) is 9.91. The highest BCUT2D eigenvalue weighted by Crippen LogP contribution is 2.32. The highest BCUT2D eigenvalue weighted by Gasteiger charge is 2.23. The first-order chi connectivity index (χ1) is 28.9. The standard InChI is InChI=1S/C46H26N2O10S2/c49-43-39-25-41-42-26-40(39)44(50)47(43)29-3-1-5-33(23-29)57-31-11-19-37(20-12-31)59(53,54)35-15-7-27(8-16-35)28-9-17-36(18-10-28)60(55,56)38-21-13-32(14-22-38)58-34-6-2-4-30(24-34)48(45(41)51)46(42)52/h1-26H.